The zero-order chi connectivity index (χ0) is 15.3. The summed E-state index contributed by atoms with van der Waals surface area (Å²) in [7, 11) is 0. The third-order valence-electron chi connectivity index (χ3n) is 4.24. The number of rotatable bonds is 6. The van der Waals surface area contributed by atoms with Gasteiger partial charge < -0.3 is 5.32 Å². The average molecular weight is 296 g/mol. The number of hydrogen-bond donors (Lipinski definition) is 1. The second kappa shape index (κ2) is 7.61. The summed E-state index contributed by atoms with van der Waals surface area (Å²) in [6.45, 7) is 10.2. The lowest BCUT2D eigenvalue weighted by molar-refractivity contribution is -0.325. The Hall–Kier alpha value is -0.330. The summed E-state index contributed by atoms with van der Waals surface area (Å²) in [4.78, 5) is 2.15. The van der Waals surface area contributed by atoms with Gasteiger partial charge >= 0.3 is 6.36 Å². The molecule has 1 aliphatic rings. The Morgan fingerprint density at radius 1 is 1.30 bits per heavy atom. The zero-order valence-corrected chi connectivity index (χ0v) is 12.8. The molecule has 0 radical (unpaired) electrons. The topological polar surface area (TPSA) is 24.5 Å². The fourth-order valence-corrected chi connectivity index (χ4v) is 2.67. The van der Waals surface area contributed by atoms with E-state index in [1.807, 2.05) is 0 Å². The smallest absolute Gasteiger partial charge is 0.311 e. The van der Waals surface area contributed by atoms with Gasteiger partial charge in [-0.1, -0.05) is 34.1 Å². The van der Waals surface area contributed by atoms with Gasteiger partial charge in [0, 0.05) is 31.7 Å². The largest absolute Gasteiger partial charge is 0.522 e. The SMILES string of the molecule is CCC(C)C1CNC(C(C)C)CN1CCOC(F)(F)F. The quantitative estimate of drug-likeness (QED) is 0.815. The Balaban J connectivity index is 2.57. The Morgan fingerprint density at radius 2 is 1.95 bits per heavy atom. The summed E-state index contributed by atoms with van der Waals surface area (Å²) in [5, 5.41) is 3.52. The Kier molecular flexibility index (Phi) is 6.75. The van der Waals surface area contributed by atoms with Gasteiger partial charge in [-0.05, 0) is 11.8 Å². The van der Waals surface area contributed by atoms with Gasteiger partial charge in [-0.15, -0.1) is 13.2 Å². The molecule has 0 saturated carbocycles. The second-order valence-corrected chi connectivity index (χ2v) is 6.00. The van der Waals surface area contributed by atoms with Crippen LogP contribution in [-0.4, -0.2) is 49.6 Å². The Morgan fingerprint density at radius 3 is 2.45 bits per heavy atom. The van der Waals surface area contributed by atoms with Crippen molar-refractivity contribution in [3.63, 3.8) is 0 Å². The minimum absolute atomic E-state index is 0.284. The van der Waals surface area contributed by atoms with Gasteiger partial charge in [-0.2, -0.15) is 0 Å². The number of nitrogens with one attached hydrogen (secondary N) is 1. The molecular formula is C14H27F3N2O. The number of alkyl halides is 3. The molecule has 1 aliphatic heterocycles. The van der Waals surface area contributed by atoms with Crippen molar-refractivity contribution < 1.29 is 17.9 Å². The van der Waals surface area contributed by atoms with Crippen molar-refractivity contribution in [2.45, 2.75) is 52.6 Å². The van der Waals surface area contributed by atoms with Gasteiger partial charge in [0.2, 0.25) is 0 Å². The summed E-state index contributed by atoms with van der Waals surface area (Å²) >= 11 is 0. The molecule has 0 amide bonds. The molecule has 0 spiro atoms. The maximum Gasteiger partial charge on any atom is 0.522 e. The predicted molar refractivity (Wildman–Crippen MR) is 73.5 cm³/mol. The average Bonchev–Trinajstić information content (AvgIpc) is 2.36. The van der Waals surface area contributed by atoms with Crippen molar-refractivity contribution in [2.24, 2.45) is 11.8 Å². The van der Waals surface area contributed by atoms with E-state index in [0.29, 0.717) is 24.4 Å². The summed E-state index contributed by atoms with van der Waals surface area (Å²) in [5.41, 5.74) is 0. The first-order chi connectivity index (χ1) is 9.24. The monoisotopic (exact) mass is 296 g/mol. The van der Waals surface area contributed by atoms with Crippen LogP contribution in [0.15, 0.2) is 0 Å². The third kappa shape index (κ3) is 5.58. The first-order valence-corrected chi connectivity index (χ1v) is 7.42. The lowest BCUT2D eigenvalue weighted by Gasteiger charge is -2.44. The van der Waals surface area contributed by atoms with Crippen molar-refractivity contribution in [2.75, 3.05) is 26.2 Å². The van der Waals surface area contributed by atoms with Crippen LogP contribution < -0.4 is 5.32 Å². The zero-order valence-electron chi connectivity index (χ0n) is 12.8. The van der Waals surface area contributed by atoms with Gasteiger partial charge in [-0.3, -0.25) is 9.64 Å². The molecule has 0 bridgehead atoms. The molecule has 6 heteroatoms. The fraction of sp³-hybridized carbons (Fsp3) is 1.00. The highest BCUT2D eigenvalue weighted by atomic mass is 19.4. The summed E-state index contributed by atoms with van der Waals surface area (Å²) < 4.78 is 40.2. The molecule has 3 atom stereocenters. The lowest BCUT2D eigenvalue weighted by Crippen LogP contribution is -2.60. The van der Waals surface area contributed by atoms with Crippen LogP contribution in [0.3, 0.4) is 0 Å². The maximum absolute atomic E-state index is 12.1. The molecule has 0 aromatic carbocycles. The van der Waals surface area contributed by atoms with E-state index in [4.69, 9.17) is 0 Å². The number of ether oxygens (including phenoxy) is 1. The molecule has 120 valence electrons. The van der Waals surface area contributed by atoms with Gasteiger partial charge in [0.1, 0.15) is 0 Å². The van der Waals surface area contributed by atoms with Crippen molar-refractivity contribution in [1.29, 1.82) is 0 Å². The first-order valence-electron chi connectivity index (χ1n) is 7.42. The van der Waals surface area contributed by atoms with E-state index in [-0.39, 0.29) is 12.6 Å². The van der Waals surface area contributed by atoms with Gasteiger partial charge in [0.25, 0.3) is 0 Å². The minimum Gasteiger partial charge on any atom is -0.311 e. The van der Waals surface area contributed by atoms with Crippen molar-refractivity contribution >= 4 is 0 Å². The first kappa shape index (κ1) is 17.7. The van der Waals surface area contributed by atoms with Crippen molar-refractivity contribution in [3.05, 3.63) is 0 Å². The fourth-order valence-electron chi connectivity index (χ4n) is 2.67. The molecule has 1 saturated heterocycles. The van der Waals surface area contributed by atoms with E-state index >= 15 is 0 Å². The second-order valence-electron chi connectivity index (χ2n) is 6.00. The molecule has 3 nitrogen and oxygen atoms in total. The van der Waals surface area contributed by atoms with E-state index in [1.165, 1.54) is 0 Å². The van der Waals surface area contributed by atoms with Gasteiger partial charge in [0.05, 0.1) is 6.61 Å². The molecule has 0 aliphatic carbocycles. The number of piperazine rings is 1. The molecule has 1 fully saturated rings. The molecule has 1 N–H and O–H groups in total. The normalized spacial score (nSPS) is 27.0. The van der Waals surface area contributed by atoms with Crippen molar-refractivity contribution in [3.8, 4) is 0 Å². The predicted octanol–water partition coefficient (Wildman–Crippen LogP) is 2.87. The number of nitrogens with zero attached hydrogens (tertiary/aromatic N) is 1. The van der Waals surface area contributed by atoms with E-state index in [0.717, 1.165) is 19.5 Å². The molecule has 0 aromatic rings. The van der Waals surface area contributed by atoms with E-state index in [1.54, 1.807) is 0 Å². The summed E-state index contributed by atoms with van der Waals surface area (Å²) in [5.74, 6) is 0.931. The minimum atomic E-state index is -4.53. The van der Waals surface area contributed by atoms with Crippen LogP contribution in [0.4, 0.5) is 13.2 Å². The Bertz CT molecular complexity index is 284. The summed E-state index contributed by atoms with van der Waals surface area (Å²) in [6.07, 6.45) is -3.51. The van der Waals surface area contributed by atoms with Gasteiger partial charge in [-0.25, -0.2) is 0 Å². The van der Waals surface area contributed by atoms with Crippen LogP contribution in [0.1, 0.15) is 34.1 Å². The van der Waals surface area contributed by atoms with Crippen LogP contribution in [0, 0.1) is 11.8 Å². The molecule has 0 aromatic heterocycles. The van der Waals surface area contributed by atoms with Crippen LogP contribution in [-0.2, 0) is 4.74 Å². The molecule has 1 heterocycles. The van der Waals surface area contributed by atoms with Gasteiger partial charge in [0.15, 0.2) is 0 Å². The Labute approximate surface area is 119 Å². The number of hydrogen-bond acceptors (Lipinski definition) is 3. The standard InChI is InChI=1S/C14H27F3N2O/c1-5-11(4)13-8-18-12(10(2)3)9-19(13)6-7-20-14(15,16)17/h10-13,18H,5-9H2,1-4H3. The number of halogens is 3. The van der Waals surface area contributed by atoms with Crippen LogP contribution >= 0.6 is 0 Å². The van der Waals surface area contributed by atoms with E-state index < -0.39 is 6.36 Å². The molecule has 20 heavy (non-hydrogen) atoms. The van der Waals surface area contributed by atoms with Crippen molar-refractivity contribution in [1.82, 2.24) is 10.2 Å². The molecular weight excluding hydrogens is 269 g/mol. The molecule has 3 unspecified atom stereocenters. The highest BCUT2D eigenvalue weighted by Gasteiger charge is 2.33. The van der Waals surface area contributed by atoms with Crippen LogP contribution in [0.2, 0.25) is 0 Å². The third-order valence-corrected chi connectivity index (χ3v) is 4.24. The van der Waals surface area contributed by atoms with E-state index in [2.05, 4.69) is 42.6 Å². The lowest BCUT2D eigenvalue weighted by atomic mass is 9.92. The maximum atomic E-state index is 12.1. The van der Waals surface area contributed by atoms with E-state index in [9.17, 15) is 13.2 Å². The highest BCUT2D eigenvalue weighted by molar-refractivity contribution is 4.89. The molecule has 1 rings (SSSR count). The van der Waals surface area contributed by atoms with Crippen LogP contribution in [0.5, 0.6) is 0 Å². The summed E-state index contributed by atoms with van der Waals surface area (Å²) in [6, 6.07) is 0.619. The highest BCUT2D eigenvalue weighted by Crippen LogP contribution is 2.21. The van der Waals surface area contributed by atoms with Crippen LogP contribution in [0.25, 0.3) is 0 Å².